The first-order valence-corrected chi connectivity index (χ1v) is 9.51. The van der Waals surface area contributed by atoms with Gasteiger partial charge in [0.25, 0.3) is 5.91 Å². The zero-order valence-corrected chi connectivity index (χ0v) is 16.0. The maximum Gasteiger partial charge on any atom is 0.282 e. The van der Waals surface area contributed by atoms with Crippen LogP contribution in [0.5, 0.6) is 0 Å². The SMILES string of the molecule is C[C@H](C(=O)Nc1ccc(F)c(F)c1F)[NH+]1CCC(C(=O)Nc2ccccc2)CC1. The summed E-state index contributed by atoms with van der Waals surface area (Å²) in [4.78, 5) is 25.8. The van der Waals surface area contributed by atoms with Crippen LogP contribution in [0.1, 0.15) is 19.8 Å². The number of carbonyl (C=O) groups excluding carboxylic acids is 2. The number of rotatable bonds is 5. The van der Waals surface area contributed by atoms with Crippen LogP contribution in [0.15, 0.2) is 42.5 Å². The Bertz CT molecular complexity index is 884. The molecule has 154 valence electrons. The first-order chi connectivity index (χ1) is 13.9. The molecule has 0 saturated carbocycles. The fourth-order valence-electron chi connectivity index (χ4n) is 3.50. The Morgan fingerprint density at radius 3 is 2.28 bits per heavy atom. The molecule has 2 aromatic rings. The largest absolute Gasteiger partial charge is 0.326 e. The van der Waals surface area contributed by atoms with Crippen LogP contribution in [-0.2, 0) is 9.59 Å². The number of quaternary nitrogens is 1. The number of amides is 2. The fraction of sp³-hybridized carbons (Fsp3) is 0.333. The van der Waals surface area contributed by atoms with E-state index in [-0.39, 0.29) is 11.8 Å². The number of hydrogen-bond acceptors (Lipinski definition) is 2. The first-order valence-electron chi connectivity index (χ1n) is 9.51. The van der Waals surface area contributed by atoms with Gasteiger partial charge in [-0.2, -0.15) is 0 Å². The smallest absolute Gasteiger partial charge is 0.282 e. The van der Waals surface area contributed by atoms with Crippen molar-refractivity contribution in [3.05, 3.63) is 59.9 Å². The average Bonchev–Trinajstić information content (AvgIpc) is 2.74. The standard InChI is InChI=1S/C21H22F3N3O2/c1-13(20(28)26-17-8-7-16(22)18(23)19(17)24)27-11-9-14(10-12-27)21(29)25-15-5-3-2-4-6-15/h2-8,13-14H,9-12H2,1H3,(H,25,29)(H,26,28)/p+1/t13-/m1/s1. The molecule has 8 heteroatoms. The molecule has 0 unspecified atom stereocenters. The van der Waals surface area contributed by atoms with Gasteiger partial charge in [-0.1, -0.05) is 18.2 Å². The molecule has 0 bridgehead atoms. The average molecular weight is 406 g/mol. The van der Waals surface area contributed by atoms with Crippen molar-refractivity contribution in [3.63, 3.8) is 0 Å². The Labute approximate surface area is 166 Å². The molecule has 0 aliphatic carbocycles. The second-order valence-corrected chi connectivity index (χ2v) is 7.22. The van der Waals surface area contributed by atoms with Gasteiger partial charge in [0.2, 0.25) is 5.91 Å². The second kappa shape index (κ2) is 9.09. The molecule has 1 fully saturated rings. The molecule has 0 aromatic heterocycles. The lowest BCUT2D eigenvalue weighted by atomic mass is 9.94. The number of likely N-dealkylation sites (tertiary alicyclic amines) is 1. The number of nitrogens with one attached hydrogen (secondary N) is 3. The third-order valence-electron chi connectivity index (χ3n) is 5.34. The van der Waals surface area contributed by atoms with Gasteiger partial charge in [-0.05, 0) is 31.2 Å². The number of halogens is 3. The molecule has 1 saturated heterocycles. The number of hydrogen-bond donors (Lipinski definition) is 3. The molecule has 29 heavy (non-hydrogen) atoms. The van der Waals surface area contributed by atoms with E-state index in [0.717, 1.165) is 22.7 Å². The molecule has 1 heterocycles. The van der Waals surface area contributed by atoms with E-state index in [1.54, 1.807) is 6.92 Å². The van der Waals surface area contributed by atoms with E-state index in [2.05, 4.69) is 10.6 Å². The Morgan fingerprint density at radius 1 is 0.966 bits per heavy atom. The zero-order chi connectivity index (χ0) is 21.0. The quantitative estimate of drug-likeness (QED) is 0.668. The first kappa shape index (κ1) is 20.9. The summed E-state index contributed by atoms with van der Waals surface area (Å²) in [6, 6.07) is 10.4. The topological polar surface area (TPSA) is 62.6 Å². The highest BCUT2D eigenvalue weighted by molar-refractivity contribution is 5.94. The van der Waals surface area contributed by atoms with Crippen LogP contribution in [0.25, 0.3) is 0 Å². The van der Waals surface area contributed by atoms with Gasteiger partial charge in [0.05, 0.1) is 18.8 Å². The predicted molar refractivity (Wildman–Crippen MR) is 103 cm³/mol. The highest BCUT2D eigenvalue weighted by Crippen LogP contribution is 2.20. The molecular formula is C21H23F3N3O2+. The summed E-state index contributed by atoms with van der Waals surface area (Å²) in [5.41, 5.74) is 0.353. The fourth-order valence-corrected chi connectivity index (χ4v) is 3.50. The van der Waals surface area contributed by atoms with Gasteiger partial charge >= 0.3 is 0 Å². The summed E-state index contributed by atoms with van der Waals surface area (Å²) in [5.74, 6) is -5.02. The number of piperidine rings is 1. The van der Waals surface area contributed by atoms with Crippen molar-refractivity contribution in [3.8, 4) is 0 Å². The van der Waals surface area contributed by atoms with E-state index in [1.165, 1.54) is 0 Å². The lowest BCUT2D eigenvalue weighted by molar-refractivity contribution is -0.919. The zero-order valence-electron chi connectivity index (χ0n) is 16.0. The van der Waals surface area contributed by atoms with E-state index in [0.29, 0.717) is 25.9 Å². The second-order valence-electron chi connectivity index (χ2n) is 7.22. The van der Waals surface area contributed by atoms with Crippen molar-refractivity contribution >= 4 is 23.2 Å². The number of benzene rings is 2. The summed E-state index contributed by atoms with van der Waals surface area (Å²) in [6.45, 7) is 2.89. The van der Waals surface area contributed by atoms with Gasteiger partial charge in [-0.3, -0.25) is 9.59 Å². The van der Waals surface area contributed by atoms with Crippen molar-refractivity contribution in [2.75, 3.05) is 23.7 Å². The van der Waals surface area contributed by atoms with Crippen LogP contribution >= 0.6 is 0 Å². The van der Waals surface area contributed by atoms with Crippen molar-refractivity contribution in [1.82, 2.24) is 0 Å². The number of para-hydroxylation sites is 1. The van der Waals surface area contributed by atoms with Gasteiger partial charge in [0.15, 0.2) is 23.5 Å². The lowest BCUT2D eigenvalue weighted by Crippen LogP contribution is -3.17. The maximum atomic E-state index is 13.8. The molecule has 0 radical (unpaired) electrons. The van der Waals surface area contributed by atoms with Crippen molar-refractivity contribution < 1.29 is 27.7 Å². The Hall–Kier alpha value is -2.87. The molecule has 1 atom stereocenters. The van der Waals surface area contributed by atoms with Crippen LogP contribution in [-0.4, -0.2) is 30.9 Å². The molecule has 2 aromatic carbocycles. The third kappa shape index (κ3) is 4.95. The summed E-state index contributed by atoms with van der Waals surface area (Å²) >= 11 is 0. The highest BCUT2D eigenvalue weighted by Gasteiger charge is 2.33. The van der Waals surface area contributed by atoms with Gasteiger partial charge < -0.3 is 15.5 Å². The van der Waals surface area contributed by atoms with Crippen molar-refractivity contribution in [1.29, 1.82) is 0 Å². The van der Waals surface area contributed by atoms with E-state index in [9.17, 15) is 22.8 Å². The molecule has 1 aliphatic heterocycles. The van der Waals surface area contributed by atoms with E-state index < -0.39 is 35.1 Å². The van der Waals surface area contributed by atoms with Crippen molar-refractivity contribution in [2.45, 2.75) is 25.8 Å². The summed E-state index contributed by atoms with van der Waals surface area (Å²) in [5, 5.41) is 5.21. The molecule has 0 spiro atoms. The Kier molecular flexibility index (Phi) is 6.53. The summed E-state index contributed by atoms with van der Waals surface area (Å²) in [6.07, 6.45) is 1.23. The minimum absolute atomic E-state index is 0.0452. The molecular weight excluding hydrogens is 383 g/mol. The molecule has 5 nitrogen and oxygen atoms in total. The van der Waals surface area contributed by atoms with Gasteiger partial charge in [0, 0.05) is 24.4 Å². The lowest BCUT2D eigenvalue weighted by Gasteiger charge is -2.32. The van der Waals surface area contributed by atoms with Crippen LogP contribution in [0, 0.1) is 23.4 Å². The van der Waals surface area contributed by atoms with Gasteiger partial charge in [-0.15, -0.1) is 0 Å². The number of carbonyl (C=O) groups is 2. The normalized spacial score (nSPS) is 20.0. The van der Waals surface area contributed by atoms with Crippen LogP contribution in [0.2, 0.25) is 0 Å². The Morgan fingerprint density at radius 2 is 1.62 bits per heavy atom. The third-order valence-corrected chi connectivity index (χ3v) is 5.34. The van der Waals surface area contributed by atoms with Gasteiger partial charge in [-0.25, -0.2) is 13.2 Å². The van der Waals surface area contributed by atoms with Crippen LogP contribution in [0.4, 0.5) is 24.5 Å². The minimum Gasteiger partial charge on any atom is -0.326 e. The maximum absolute atomic E-state index is 13.8. The van der Waals surface area contributed by atoms with Crippen molar-refractivity contribution in [2.24, 2.45) is 5.92 Å². The summed E-state index contributed by atoms with van der Waals surface area (Å²) < 4.78 is 40.1. The molecule has 3 rings (SSSR count). The monoisotopic (exact) mass is 406 g/mol. The van der Waals surface area contributed by atoms with Gasteiger partial charge in [0.1, 0.15) is 0 Å². The predicted octanol–water partition coefficient (Wildman–Crippen LogP) is 2.36. The van der Waals surface area contributed by atoms with E-state index in [1.807, 2.05) is 30.3 Å². The van der Waals surface area contributed by atoms with E-state index >= 15 is 0 Å². The number of anilines is 2. The molecule has 1 aliphatic rings. The van der Waals surface area contributed by atoms with E-state index in [4.69, 9.17) is 0 Å². The highest BCUT2D eigenvalue weighted by atomic mass is 19.2. The van der Waals surface area contributed by atoms with Crippen LogP contribution < -0.4 is 15.5 Å². The Balaban J connectivity index is 1.53. The molecule has 3 N–H and O–H groups in total. The minimum atomic E-state index is -1.62. The van der Waals surface area contributed by atoms with Crippen LogP contribution in [0.3, 0.4) is 0 Å². The summed E-state index contributed by atoms with van der Waals surface area (Å²) in [7, 11) is 0. The molecule has 2 amide bonds.